The lowest BCUT2D eigenvalue weighted by atomic mass is 10.0. The van der Waals surface area contributed by atoms with Gasteiger partial charge in [0.15, 0.2) is 5.65 Å². The van der Waals surface area contributed by atoms with E-state index in [1.54, 1.807) is 29.2 Å². The van der Waals surface area contributed by atoms with Crippen molar-refractivity contribution in [1.29, 1.82) is 0 Å². The molecule has 3 heterocycles. The van der Waals surface area contributed by atoms with Gasteiger partial charge >= 0.3 is 6.03 Å². The van der Waals surface area contributed by atoms with Gasteiger partial charge in [0.25, 0.3) is 5.91 Å². The number of hydrogen-bond donors (Lipinski definition) is 4. The van der Waals surface area contributed by atoms with Gasteiger partial charge in [-0.3, -0.25) is 4.79 Å². The van der Waals surface area contributed by atoms with Gasteiger partial charge in [-0.25, -0.2) is 14.5 Å². The number of nitrogen functional groups attached to an aromatic ring is 1. The van der Waals surface area contributed by atoms with E-state index in [1.165, 1.54) is 0 Å². The number of rotatable bonds is 7. The number of piperidine rings is 1. The zero-order valence-corrected chi connectivity index (χ0v) is 20.9. The van der Waals surface area contributed by atoms with Crippen LogP contribution < -0.4 is 22.1 Å². The fourth-order valence-electron chi connectivity index (χ4n) is 4.41. The number of anilines is 2. The van der Waals surface area contributed by atoms with Crippen molar-refractivity contribution in [2.75, 3.05) is 24.1 Å². The molecule has 11 heteroatoms. The Kier molecular flexibility index (Phi) is 8.39. The van der Waals surface area contributed by atoms with Gasteiger partial charge in [-0.1, -0.05) is 6.92 Å². The molecule has 1 saturated heterocycles. The van der Waals surface area contributed by atoms with Gasteiger partial charge in [0.2, 0.25) is 0 Å². The van der Waals surface area contributed by atoms with Crippen molar-refractivity contribution in [3.8, 4) is 0 Å². The van der Waals surface area contributed by atoms with Gasteiger partial charge in [-0.2, -0.15) is 5.10 Å². The van der Waals surface area contributed by atoms with Crippen molar-refractivity contribution in [2.45, 2.75) is 52.2 Å². The second-order valence-electron chi connectivity index (χ2n) is 8.51. The van der Waals surface area contributed by atoms with Crippen LogP contribution in [0.2, 0.25) is 0 Å². The molecule has 0 saturated carbocycles. The first-order valence-corrected chi connectivity index (χ1v) is 11.7. The van der Waals surface area contributed by atoms with Crippen LogP contribution in [0.25, 0.3) is 11.0 Å². The molecule has 1 aromatic carbocycles. The molecule has 6 N–H and O–H groups in total. The van der Waals surface area contributed by atoms with Crippen LogP contribution >= 0.6 is 12.4 Å². The van der Waals surface area contributed by atoms with Crippen LogP contribution in [0.5, 0.6) is 0 Å². The molecule has 35 heavy (non-hydrogen) atoms. The Hall–Kier alpha value is -3.53. The minimum atomic E-state index is -0.381. The smallest absolute Gasteiger partial charge is 0.314 e. The summed E-state index contributed by atoms with van der Waals surface area (Å²) in [5.74, 6) is -0.174. The lowest BCUT2D eigenvalue weighted by Crippen LogP contribution is -2.44. The SMILES string of the molecule is CCc1nc2c(cnn2CC)c(NC2CCN(C(N)=O)CC2)c1CNC(=O)c1ccc(N)cc1.Cl. The Morgan fingerprint density at radius 3 is 2.43 bits per heavy atom. The van der Waals surface area contributed by atoms with Gasteiger partial charge in [-0.05, 0) is 50.5 Å². The highest BCUT2D eigenvalue weighted by Crippen LogP contribution is 2.31. The number of nitrogens with zero attached hydrogens (tertiary/aromatic N) is 4. The maximum Gasteiger partial charge on any atom is 0.314 e. The number of carbonyl (C=O) groups is 2. The summed E-state index contributed by atoms with van der Waals surface area (Å²) in [7, 11) is 0. The summed E-state index contributed by atoms with van der Waals surface area (Å²) >= 11 is 0. The van der Waals surface area contributed by atoms with E-state index in [9.17, 15) is 9.59 Å². The van der Waals surface area contributed by atoms with Crippen molar-refractivity contribution >= 4 is 46.8 Å². The summed E-state index contributed by atoms with van der Waals surface area (Å²) in [4.78, 5) is 30.9. The number of halogens is 1. The summed E-state index contributed by atoms with van der Waals surface area (Å²) in [6.07, 6.45) is 4.12. The third-order valence-corrected chi connectivity index (χ3v) is 6.36. The van der Waals surface area contributed by atoms with Gasteiger partial charge in [-0.15, -0.1) is 12.4 Å². The number of benzene rings is 1. The maximum absolute atomic E-state index is 12.8. The molecule has 0 unspecified atom stereocenters. The molecule has 3 amide bonds. The predicted octanol–water partition coefficient (Wildman–Crippen LogP) is 2.90. The zero-order valence-electron chi connectivity index (χ0n) is 20.1. The summed E-state index contributed by atoms with van der Waals surface area (Å²) in [6.45, 7) is 6.35. The molecule has 10 nitrogen and oxygen atoms in total. The number of fused-ring (bicyclic) bond motifs is 1. The Labute approximate surface area is 210 Å². The van der Waals surface area contributed by atoms with Gasteiger partial charge in [0.1, 0.15) is 0 Å². The molecule has 1 fully saturated rings. The van der Waals surface area contributed by atoms with E-state index in [0.29, 0.717) is 43.9 Å². The van der Waals surface area contributed by atoms with Crippen molar-refractivity contribution < 1.29 is 9.59 Å². The number of hydrogen-bond acceptors (Lipinski definition) is 6. The lowest BCUT2D eigenvalue weighted by Gasteiger charge is -2.32. The number of urea groups is 1. The fourth-order valence-corrected chi connectivity index (χ4v) is 4.41. The van der Waals surface area contributed by atoms with Crippen molar-refractivity contribution in [1.82, 2.24) is 25.0 Å². The number of carbonyl (C=O) groups excluding carboxylic acids is 2. The van der Waals surface area contributed by atoms with E-state index in [0.717, 1.165) is 40.8 Å². The lowest BCUT2D eigenvalue weighted by molar-refractivity contribution is 0.0951. The van der Waals surface area contributed by atoms with Crippen LogP contribution in [-0.2, 0) is 19.5 Å². The van der Waals surface area contributed by atoms with E-state index >= 15 is 0 Å². The third-order valence-electron chi connectivity index (χ3n) is 6.36. The number of nitrogens with two attached hydrogens (primary N) is 2. The standard InChI is InChI=1S/C24H32N8O2.ClH/c1-3-20-18(13-27-23(33)15-5-7-16(25)8-6-15)21(19-14-28-32(4-2)22(19)30-20)29-17-9-11-31(12-10-17)24(26)34;/h5-8,14,17H,3-4,9-13,25H2,1-2H3,(H2,26,34)(H,27,33)(H,29,30);1H. The molecule has 0 spiro atoms. The van der Waals surface area contributed by atoms with E-state index in [-0.39, 0.29) is 30.4 Å². The van der Waals surface area contributed by atoms with E-state index < -0.39 is 0 Å². The van der Waals surface area contributed by atoms with Crippen LogP contribution in [0, 0.1) is 0 Å². The van der Waals surface area contributed by atoms with E-state index in [2.05, 4.69) is 22.7 Å². The highest BCUT2D eigenvalue weighted by molar-refractivity contribution is 5.95. The zero-order chi connectivity index (χ0) is 24.2. The van der Waals surface area contributed by atoms with E-state index in [4.69, 9.17) is 16.5 Å². The average Bonchev–Trinajstić information content (AvgIpc) is 3.26. The molecule has 0 bridgehead atoms. The molecule has 4 rings (SSSR count). The fraction of sp³-hybridized carbons (Fsp3) is 0.417. The molecule has 0 radical (unpaired) electrons. The number of aromatic nitrogens is 3. The maximum atomic E-state index is 12.8. The summed E-state index contributed by atoms with van der Waals surface area (Å²) in [6, 6.07) is 6.64. The van der Waals surface area contributed by atoms with E-state index in [1.807, 2.05) is 17.8 Å². The highest BCUT2D eigenvalue weighted by Gasteiger charge is 2.25. The molecular weight excluding hydrogens is 468 g/mol. The molecule has 0 atom stereocenters. The minimum absolute atomic E-state index is 0. The number of amides is 3. The highest BCUT2D eigenvalue weighted by atomic mass is 35.5. The van der Waals surface area contributed by atoms with Crippen LogP contribution in [0.4, 0.5) is 16.2 Å². The number of nitrogens with one attached hydrogen (secondary N) is 2. The number of pyridine rings is 1. The molecule has 3 aromatic rings. The van der Waals surface area contributed by atoms with Crippen LogP contribution in [0.3, 0.4) is 0 Å². The second kappa shape index (κ2) is 11.3. The first kappa shape index (κ1) is 26.1. The average molecular weight is 501 g/mol. The first-order valence-electron chi connectivity index (χ1n) is 11.7. The third kappa shape index (κ3) is 5.59. The number of likely N-dealkylation sites (tertiary alicyclic amines) is 1. The molecule has 1 aliphatic heterocycles. The molecular formula is C24H33ClN8O2. The van der Waals surface area contributed by atoms with Crippen LogP contribution in [-0.4, -0.2) is 50.7 Å². The summed E-state index contributed by atoms with van der Waals surface area (Å²) in [5.41, 5.74) is 16.0. The molecule has 2 aromatic heterocycles. The summed E-state index contributed by atoms with van der Waals surface area (Å²) in [5, 5.41) is 12.2. The molecule has 188 valence electrons. The predicted molar refractivity (Wildman–Crippen MR) is 140 cm³/mol. The van der Waals surface area contributed by atoms with Crippen LogP contribution in [0.1, 0.15) is 48.3 Å². The largest absolute Gasteiger partial charge is 0.399 e. The molecule has 0 aliphatic carbocycles. The topological polar surface area (TPSA) is 144 Å². The van der Waals surface area contributed by atoms with Crippen LogP contribution in [0.15, 0.2) is 30.5 Å². The summed E-state index contributed by atoms with van der Waals surface area (Å²) < 4.78 is 1.88. The minimum Gasteiger partial charge on any atom is -0.399 e. The van der Waals surface area contributed by atoms with Crippen molar-refractivity contribution in [3.05, 3.63) is 47.3 Å². The van der Waals surface area contributed by atoms with Crippen molar-refractivity contribution in [3.63, 3.8) is 0 Å². The quantitative estimate of drug-likeness (QED) is 0.367. The second-order valence-corrected chi connectivity index (χ2v) is 8.51. The Bertz CT molecular complexity index is 1190. The van der Waals surface area contributed by atoms with Crippen molar-refractivity contribution in [2.24, 2.45) is 5.73 Å². The number of aryl methyl sites for hydroxylation is 2. The number of primary amides is 1. The monoisotopic (exact) mass is 500 g/mol. The van der Waals surface area contributed by atoms with Gasteiger partial charge in [0, 0.05) is 54.7 Å². The Morgan fingerprint density at radius 1 is 1.14 bits per heavy atom. The molecule has 1 aliphatic rings. The van der Waals surface area contributed by atoms with Gasteiger partial charge in [0.05, 0.1) is 17.3 Å². The first-order chi connectivity index (χ1) is 16.4. The normalized spacial score (nSPS) is 13.9. The Balaban J connectivity index is 0.00000342. The van der Waals surface area contributed by atoms with Gasteiger partial charge < -0.3 is 27.0 Å². The Morgan fingerprint density at radius 2 is 1.83 bits per heavy atom.